The first-order chi connectivity index (χ1) is 11.9. The molecule has 0 aliphatic carbocycles. The van der Waals surface area contributed by atoms with Crippen LogP contribution in [0.1, 0.15) is 25.0 Å². The Hall–Kier alpha value is -2.16. The molecule has 3 rings (SSSR count). The van der Waals surface area contributed by atoms with Gasteiger partial charge in [-0.2, -0.15) is 13.2 Å². The number of aromatic nitrogens is 1. The summed E-state index contributed by atoms with van der Waals surface area (Å²) in [6.07, 6.45) is -0.925. The van der Waals surface area contributed by atoms with Crippen LogP contribution in [0.2, 0.25) is 0 Å². The highest BCUT2D eigenvalue weighted by Gasteiger charge is 2.44. The number of nitrogens with one attached hydrogen (secondary N) is 1. The fraction of sp³-hybridized carbons (Fsp3) is 0.562. The van der Waals surface area contributed by atoms with E-state index in [1.165, 1.54) is 0 Å². The molecular formula is C16H19F3N4O2. The van der Waals surface area contributed by atoms with Gasteiger partial charge in [-0.05, 0) is 31.5 Å². The molecule has 1 N–H and O–H groups in total. The van der Waals surface area contributed by atoms with Gasteiger partial charge in [0, 0.05) is 25.7 Å². The van der Waals surface area contributed by atoms with Crippen LogP contribution in [0, 0.1) is 0 Å². The number of piperidine rings is 1. The summed E-state index contributed by atoms with van der Waals surface area (Å²) < 4.78 is 36.6. The molecule has 1 aromatic heterocycles. The number of carbonyl (C=O) groups is 1. The third-order valence-corrected chi connectivity index (χ3v) is 4.28. The Balaban J connectivity index is 1.56. The van der Waals surface area contributed by atoms with Crippen molar-refractivity contribution in [2.75, 3.05) is 19.6 Å². The predicted octanol–water partition coefficient (Wildman–Crippen LogP) is 1.87. The monoisotopic (exact) mass is 356 g/mol. The fourth-order valence-corrected chi connectivity index (χ4v) is 3.19. The van der Waals surface area contributed by atoms with Crippen molar-refractivity contribution in [3.8, 4) is 0 Å². The summed E-state index contributed by atoms with van der Waals surface area (Å²) in [5, 5.41) is 5.59. The topological polar surface area (TPSA) is 66.8 Å². The molecule has 1 spiro atoms. The average molecular weight is 356 g/mol. The SMILES string of the molecule is O=C(NCC(F)(F)F)C1=NO[C@]2(CCCN(Cc3ccccn3)C2)C1. The van der Waals surface area contributed by atoms with Crippen molar-refractivity contribution >= 4 is 11.6 Å². The van der Waals surface area contributed by atoms with Crippen LogP contribution in [0.5, 0.6) is 0 Å². The van der Waals surface area contributed by atoms with Gasteiger partial charge < -0.3 is 10.2 Å². The first kappa shape index (κ1) is 17.7. The van der Waals surface area contributed by atoms with Crippen molar-refractivity contribution in [1.82, 2.24) is 15.2 Å². The Bertz CT molecular complexity index is 651. The van der Waals surface area contributed by atoms with Crippen molar-refractivity contribution in [2.45, 2.75) is 37.6 Å². The molecule has 0 bridgehead atoms. The van der Waals surface area contributed by atoms with Crippen LogP contribution in [-0.2, 0) is 16.2 Å². The van der Waals surface area contributed by atoms with Crippen molar-refractivity contribution in [1.29, 1.82) is 0 Å². The second kappa shape index (κ2) is 6.99. The number of likely N-dealkylation sites (tertiary alicyclic amines) is 1. The molecular weight excluding hydrogens is 337 g/mol. The highest BCUT2D eigenvalue weighted by molar-refractivity contribution is 6.39. The quantitative estimate of drug-likeness (QED) is 0.894. The summed E-state index contributed by atoms with van der Waals surface area (Å²) in [5.74, 6) is -0.823. The number of alkyl halides is 3. The maximum Gasteiger partial charge on any atom is 0.405 e. The van der Waals surface area contributed by atoms with Crippen LogP contribution in [0.3, 0.4) is 0 Å². The summed E-state index contributed by atoms with van der Waals surface area (Å²) >= 11 is 0. The summed E-state index contributed by atoms with van der Waals surface area (Å²) in [5.41, 5.74) is 0.309. The van der Waals surface area contributed by atoms with E-state index < -0.39 is 24.2 Å². The van der Waals surface area contributed by atoms with E-state index >= 15 is 0 Å². The smallest absolute Gasteiger partial charge is 0.387 e. The summed E-state index contributed by atoms with van der Waals surface area (Å²) in [6.45, 7) is 0.714. The molecule has 136 valence electrons. The van der Waals surface area contributed by atoms with Crippen molar-refractivity contribution in [2.24, 2.45) is 5.16 Å². The molecule has 1 amide bonds. The molecule has 9 heteroatoms. The van der Waals surface area contributed by atoms with E-state index in [-0.39, 0.29) is 12.1 Å². The average Bonchev–Trinajstić information content (AvgIpc) is 2.96. The molecule has 1 saturated heterocycles. The van der Waals surface area contributed by atoms with Crippen LogP contribution in [0.25, 0.3) is 0 Å². The number of nitrogens with zero attached hydrogens (tertiary/aromatic N) is 3. The van der Waals surface area contributed by atoms with Gasteiger partial charge in [0.2, 0.25) is 0 Å². The van der Waals surface area contributed by atoms with Gasteiger partial charge in [-0.15, -0.1) is 0 Å². The van der Waals surface area contributed by atoms with Gasteiger partial charge in [-0.25, -0.2) is 0 Å². The molecule has 2 aliphatic rings. The highest BCUT2D eigenvalue weighted by Crippen LogP contribution is 2.34. The number of hydrogen-bond donors (Lipinski definition) is 1. The maximum absolute atomic E-state index is 12.2. The van der Waals surface area contributed by atoms with Crippen LogP contribution in [-0.4, -0.2) is 52.9 Å². The second-order valence-electron chi connectivity index (χ2n) is 6.42. The Labute approximate surface area is 143 Å². The minimum Gasteiger partial charge on any atom is -0.387 e. The number of hydrogen-bond acceptors (Lipinski definition) is 5. The van der Waals surface area contributed by atoms with Crippen LogP contribution in [0.15, 0.2) is 29.6 Å². The molecule has 25 heavy (non-hydrogen) atoms. The Kier molecular flexibility index (Phi) is 4.94. The van der Waals surface area contributed by atoms with E-state index in [1.807, 2.05) is 23.5 Å². The molecule has 0 unspecified atom stereocenters. The number of oxime groups is 1. The van der Waals surface area contributed by atoms with Gasteiger partial charge in [0.15, 0.2) is 5.60 Å². The van der Waals surface area contributed by atoms with Gasteiger partial charge in [0.1, 0.15) is 12.3 Å². The fourth-order valence-electron chi connectivity index (χ4n) is 3.19. The largest absolute Gasteiger partial charge is 0.405 e. The van der Waals surface area contributed by atoms with Gasteiger partial charge in [0.05, 0.1) is 5.69 Å². The van der Waals surface area contributed by atoms with Crippen LogP contribution < -0.4 is 5.32 Å². The molecule has 3 heterocycles. The zero-order chi connectivity index (χ0) is 17.9. The van der Waals surface area contributed by atoms with Crippen LogP contribution in [0.4, 0.5) is 13.2 Å². The van der Waals surface area contributed by atoms with E-state index in [2.05, 4.69) is 15.0 Å². The molecule has 1 aromatic rings. The molecule has 0 saturated carbocycles. The zero-order valence-corrected chi connectivity index (χ0v) is 13.6. The first-order valence-corrected chi connectivity index (χ1v) is 8.08. The highest BCUT2D eigenvalue weighted by atomic mass is 19.4. The minimum absolute atomic E-state index is 0.0175. The van der Waals surface area contributed by atoms with Gasteiger partial charge in [0.25, 0.3) is 5.91 Å². The Morgan fingerprint density at radius 1 is 1.40 bits per heavy atom. The number of pyridine rings is 1. The number of amides is 1. The normalized spacial score (nSPS) is 24.0. The van der Waals surface area contributed by atoms with E-state index in [9.17, 15) is 18.0 Å². The van der Waals surface area contributed by atoms with Crippen LogP contribution >= 0.6 is 0 Å². The maximum atomic E-state index is 12.2. The summed E-state index contributed by atoms with van der Waals surface area (Å²) in [6, 6.07) is 5.70. The molecule has 6 nitrogen and oxygen atoms in total. The van der Waals surface area contributed by atoms with E-state index in [1.54, 1.807) is 6.20 Å². The van der Waals surface area contributed by atoms with Gasteiger partial charge in [-0.3, -0.25) is 14.7 Å². The van der Waals surface area contributed by atoms with Gasteiger partial charge >= 0.3 is 6.18 Å². The third-order valence-electron chi connectivity index (χ3n) is 4.28. The van der Waals surface area contributed by atoms with Crippen molar-refractivity contribution in [3.63, 3.8) is 0 Å². The lowest BCUT2D eigenvalue weighted by atomic mass is 9.88. The summed E-state index contributed by atoms with van der Waals surface area (Å²) in [7, 11) is 0. The number of halogens is 3. The number of carbonyl (C=O) groups excluding carboxylic acids is 1. The lowest BCUT2D eigenvalue weighted by Gasteiger charge is -2.38. The van der Waals surface area contributed by atoms with E-state index in [0.717, 1.165) is 18.7 Å². The molecule has 1 atom stereocenters. The summed E-state index contributed by atoms with van der Waals surface area (Å²) in [4.78, 5) is 23.8. The Morgan fingerprint density at radius 3 is 2.96 bits per heavy atom. The first-order valence-electron chi connectivity index (χ1n) is 8.08. The number of rotatable bonds is 4. The Morgan fingerprint density at radius 2 is 2.24 bits per heavy atom. The lowest BCUT2D eigenvalue weighted by Crippen LogP contribution is -2.48. The standard InChI is InChI=1S/C16H19F3N4O2/c17-16(18,19)10-21-14(24)13-8-15(25-22-13)5-3-7-23(11-15)9-12-4-1-2-6-20-12/h1-2,4,6H,3,5,7-11H2,(H,21,24)/t15-/m1/s1. The van der Waals surface area contributed by atoms with E-state index in [4.69, 9.17) is 4.84 Å². The third kappa shape index (κ3) is 4.68. The van der Waals surface area contributed by atoms with Crippen molar-refractivity contribution < 1.29 is 22.8 Å². The molecule has 1 fully saturated rings. The van der Waals surface area contributed by atoms with Crippen molar-refractivity contribution in [3.05, 3.63) is 30.1 Å². The zero-order valence-electron chi connectivity index (χ0n) is 13.6. The predicted molar refractivity (Wildman–Crippen MR) is 83.7 cm³/mol. The molecule has 2 aliphatic heterocycles. The molecule has 0 radical (unpaired) electrons. The van der Waals surface area contributed by atoms with Gasteiger partial charge in [-0.1, -0.05) is 11.2 Å². The molecule has 0 aromatic carbocycles. The minimum atomic E-state index is -4.45. The second-order valence-corrected chi connectivity index (χ2v) is 6.42. The lowest BCUT2D eigenvalue weighted by molar-refractivity contribution is -0.134. The van der Waals surface area contributed by atoms with E-state index in [0.29, 0.717) is 19.5 Å².